The highest BCUT2D eigenvalue weighted by molar-refractivity contribution is 5.45. The molecule has 0 aliphatic heterocycles. The summed E-state index contributed by atoms with van der Waals surface area (Å²) in [6.45, 7) is 5.37. The van der Waals surface area contributed by atoms with Crippen LogP contribution in [-0.4, -0.2) is 27.5 Å². The zero-order valence-electron chi connectivity index (χ0n) is 11.5. The fraction of sp³-hybridized carbons (Fsp3) is 0.400. The van der Waals surface area contributed by atoms with Crippen LogP contribution >= 0.6 is 0 Å². The van der Waals surface area contributed by atoms with Crippen LogP contribution in [0.4, 0.5) is 5.69 Å². The second-order valence-electron chi connectivity index (χ2n) is 5.04. The third-order valence-corrected chi connectivity index (χ3v) is 3.08. The number of aliphatic hydroxyl groups is 1. The van der Waals surface area contributed by atoms with E-state index in [4.69, 9.17) is 0 Å². The van der Waals surface area contributed by atoms with E-state index in [2.05, 4.69) is 48.5 Å². The van der Waals surface area contributed by atoms with Crippen molar-refractivity contribution in [3.05, 3.63) is 48.3 Å². The third kappa shape index (κ3) is 4.10. The summed E-state index contributed by atoms with van der Waals surface area (Å²) in [5.74, 6) is 0.541. The van der Waals surface area contributed by atoms with Crippen molar-refractivity contribution < 1.29 is 5.11 Å². The minimum absolute atomic E-state index is 0.454. The second-order valence-corrected chi connectivity index (χ2v) is 5.04. The molecule has 0 radical (unpaired) electrons. The Labute approximate surface area is 114 Å². The van der Waals surface area contributed by atoms with Crippen molar-refractivity contribution in [1.82, 2.24) is 9.78 Å². The van der Waals surface area contributed by atoms with Crippen LogP contribution in [0.3, 0.4) is 0 Å². The fourth-order valence-electron chi connectivity index (χ4n) is 1.91. The minimum Gasteiger partial charge on any atom is -0.389 e. The maximum absolute atomic E-state index is 9.90. The Morgan fingerprint density at radius 3 is 2.58 bits per heavy atom. The zero-order valence-corrected chi connectivity index (χ0v) is 11.5. The lowest BCUT2D eigenvalue weighted by Crippen LogP contribution is -2.25. The smallest absolute Gasteiger partial charge is 0.0907 e. The zero-order chi connectivity index (χ0) is 13.7. The number of hydrogen-bond donors (Lipinski definition) is 2. The number of aliphatic hydroxyl groups excluding tert-OH is 1. The van der Waals surface area contributed by atoms with Crippen molar-refractivity contribution in [3.8, 4) is 0 Å². The number of rotatable bonds is 6. The quantitative estimate of drug-likeness (QED) is 0.838. The lowest BCUT2D eigenvalue weighted by Gasteiger charge is -2.13. The first kappa shape index (κ1) is 13.6. The number of nitrogens with zero attached hydrogens (tertiary/aromatic N) is 2. The topological polar surface area (TPSA) is 50.1 Å². The maximum Gasteiger partial charge on any atom is 0.0907 e. The lowest BCUT2D eigenvalue weighted by molar-refractivity contribution is 0.161. The summed E-state index contributed by atoms with van der Waals surface area (Å²) in [5, 5.41) is 17.2. The molecular weight excluding hydrogens is 238 g/mol. The highest BCUT2D eigenvalue weighted by atomic mass is 16.3. The monoisotopic (exact) mass is 259 g/mol. The predicted octanol–water partition coefficient (Wildman–Crippen LogP) is 2.48. The standard InChI is InChI=1S/C15H21N3O/c1-12(2)13-4-6-14(7-5-13)16-10-15(19)11-18-9-3-8-17-18/h3-9,12,15-16,19H,10-11H2,1-2H3. The van der Waals surface area contributed by atoms with E-state index in [1.807, 2.05) is 12.3 Å². The molecule has 2 rings (SSSR count). The summed E-state index contributed by atoms with van der Waals surface area (Å²) in [6.07, 6.45) is 3.11. The van der Waals surface area contributed by atoms with Gasteiger partial charge in [-0.15, -0.1) is 0 Å². The number of anilines is 1. The van der Waals surface area contributed by atoms with Crippen LogP contribution in [0.5, 0.6) is 0 Å². The Balaban J connectivity index is 1.81. The van der Waals surface area contributed by atoms with E-state index in [1.165, 1.54) is 5.56 Å². The van der Waals surface area contributed by atoms with Crippen LogP contribution < -0.4 is 5.32 Å². The van der Waals surface area contributed by atoms with Crippen molar-refractivity contribution in [2.24, 2.45) is 0 Å². The van der Waals surface area contributed by atoms with Gasteiger partial charge in [0.05, 0.1) is 12.6 Å². The van der Waals surface area contributed by atoms with Gasteiger partial charge in [0.15, 0.2) is 0 Å². The first-order valence-corrected chi connectivity index (χ1v) is 6.64. The van der Waals surface area contributed by atoms with E-state index in [0.717, 1.165) is 5.69 Å². The molecule has 0 saturated heterocycles. The molecule has 4 heteroatoms. The molecule has 0 bridgehead atoms. The molecule has 4 nitrogen and oxygen atoms in total. The third-order valence-electron chi connectivity index (χ3n) is 3.08. The van der Waals surface area contributed by atoms with E-state index in [-0.39, 0.29) is 0 Å². The average molecular weight is 259 g/mol. The first-order valence-electron chi connectivity index (χ1n) is 6.64. The number of hydrogen-bond acceptors (Lipinski definition) is 3. The van der Waals surface area contributed by atoms with Gasteiger partial charge < -0.3 is 10.4 Å². The minimum atomic E-state index is -0.454. The SMILES string of the molecule is CC(C)c1ccc(NCC(O)Cn2cccn2)cc1. The average Bonchev–Trinajstić information content (AvgIpc) is 2.89. The van der Waals surface area contributed by atoms with Crippen LogP contribution in [0, 0.1) is 0 Å². The number of aromatic nitrogens is 2. The van der Waals surface area contributed by atoms with Crippen LogP contribution in [0.1, 0.15) is 25.3 Å². The molecule has 102 valence electrons. The van der Waals surface area contributed by atoms with Gasteiger partial charge in [0.2, 0.25) is 0 Å². The van der Waals surface area contributed by atoms with Crippen molar-refractivity contribution in [2.75, 3.05) is 11.9 Å². The van der Waals surface area contributed by atoms with E-state index < -0.39 is 6.10 Å². The van der Waals surface area contributed by atoms with Gasteiger partial charge in [0.1, 0.15) is 0 Å². The summed E-state index contributed by atoms with van der Waals surface area (Å²) in [5.41, 5.74) is 2.35. The van der Waals surface area contributed by atoms with E-state index in [0.29, 0.717) is 19.0 Å². The van der Waals surface area contributed by atoms with E-state index in [1.54, 1.807) is 10.9 Å². The number of nitrogens with one attached hydrogen (secondary N) is 1. The van der Waals surface area contributed by atoms with Crippen molar-refractivity contribution in [1.29, 1.82) is 0 Å². The number of benzene rings is 1. The molecular formula is C15H21N3O. The largest absolute Gasteiger partial charge is 0.389 e. The molecule has 19 heavy (non-hydrogen) atoms. The van der Waals surface area contributed by atoms with Crippen LogP contribution in [0.25, 0.3) is 0 Å². The van der Waals surface area contributed by atoms with Crippen LogP contribution in [0.15, 0.2) is 42.7 Å². The van der Waals surface area contributed by atoms with Crippen molar-refractivity contribution >= 4 is 5.69 Å². The van der Waals surface area contributed by atoms with Gasteiger partial charge >= 0.3 is 0 Å². The molecule has 1 heterocycles. The maximum atomic E-state index is 9.90. The molecule has 0 amide bonds. The van der Waals surface area contributed by atoms with Gasteiger partial charge in [-0.3, -0.25) is 4.68 Å². The molecule has 0 saturated carbocycles. The van der Waals surface area contributed by atoms with E-state index in [9.17, 15) is 5.11 Å². The molecule has 0 fully saturated rings. The van der Waals surface area contributed by atoms with Gasteiger partial charge in [-0.2, -0.15) is 5.10 Å². The summed E-state index contributed by atoms with van der Waals surface area (Å²) in [6, 6.07) is 10.2. The Morgan fingerprint density at radius 1 is 1.26 bits per heavy atom. The van der Waals surface area contributed by atoms with E-state index >= 15 is 0 Å². The first-order chi connectivity index (χ1) is 9.15. The highest BCUT2D eigenvalue weighted by Gasteiger charge is 2.05. The molecule has 1 atom stereocenters. The van der Waals surface area contributed by atoms with Gasteiger partial charge in [-0.25, -0.2) is 0 Å². The van der Waals surface area contributed by atoms with Gasteiger partial charge in [-0.05, 0) is 29.7 Å². The molecule has 0 aliphatic carbocycles. The molecule has 1 aromatic heterocycles. The summed E-state index contributed by atoms with van der Waals surface area (Å²) in [7, 11) is 0. The van der Waals surface area contributed by atoms with Crippen LogP contribution in [-0.2, 0) is 6.54 Å². The molecule has 0 aliphatic rings. The predicted molar refractivity (Wildman–Crippen MR) is 77.3 cm³/mol. The Bertz CT molecular complexity index is 477. The van der Waals surface area contributed by atoms with Gasteiger partial charge in [0.25, 0.3) is 0 Å². The van der Waals surface area contributed by atoms with Crippen molar-refractivity contribution in [3.63, 3.8) is 0 Å². The molecule has 2 aromatic rings. The summed E-state index contributed by atoms with van der Waals surface area (Å²) >= 11 is 0. The molecule has 2 N–H and O–H groups in total. The van der Waals surface area contributed by atoms with Gasteiger partial charge in [-0.1, -0.05) is 26.0 Å². The Kier molecular flexibility index (Phi) is 4.58. The normalized spacial score (nSPS) is 12.6. The second kappa shape index (κ2) is 6.38. The van der Waals surface area contributed by atoms with Crippen molar-refractivity contribution in [2.45, 2.75) is 32.4 Å². The fourth-order valence-corrected chi connectivity index (χ4v) is 1.91. The van der Waals surface area contributed by atoms with Gasteiger partial charge in [0, 0.05) is 24.6 Å². The molecule has 1 unspecified atom stereocenters. The summed E-state index contributed by atoms with van der Waals surface area (Å²) < 4.78 is 1.73. The lowest BCUT2D eigenvalue weighted by atomic mass is 10.0. The summed E-state index contributed by atoms with van der Waals surface area (Å²) in [4.78, 5) is 0. The van der Waals surface area contributed by atoms with Crippen LogP contribution in [0.2, 0.25) is 0 Å². The highest BCUT2D eigenvalue weighted by Crippen LogP contribution is 2.17. The Hall–Kier alpha value is -1.81. The molecule has 1 aromatic carbocycles. The molecule has 0 spiro atoms. The Morgan fingerprint density at radius 2 is 2.00 bits per heavy atom.